The van der Waals surface area contributed by atoms with Crippen LogP contribution < -0.4 is 4.74 Å². The standard InChI is InChI=1S/C20H29FN2O2/c1-16-8-11-22(12-9-16)18-4-7-20(24)23(13-10-18)14-15-25-19-5-2-17(21)3-6-19/h2-3,5-6,16,18H,4,7-15H2,1H3. The fraction of sp³-hybridized carbons (Fsp3) is 0.650. The molecule has 1 unspecified atom stereocenters. The average Bonchev–Trinajstić information content (AvgIpc) is 2.80. The van der Waals surface area contributed by atoms with Crippen LogP contribution in [0.2, 0.25) is 0 Å². The van der Waals surface area contributed by atoms with Gasteiger partial charge < -0.3 is 14.5 Å². The maximum absolute atomic E-state index is 12.9. The van der Waals surface area contributed by atoms with Gasteiger partial charge in [0.25, 0.3) is 0 Å². The van der Waals surface area contributed by atoms with E-state index in [2.05, 4.69) is 11.8 Å². The van der Waals surface area contributed by atoms with E-state index in [1.165, 1.54) is 38.1 Å². The number of likely N-dealkylation sites (tertiary alicyclic amines) is 2. The molecule has 1 aromatic carbocycles. The Morgan fingerprint density at radius 3 is 2.52 bits per heavy atom. The van der Waals surface area contributed by atoms with Crippen molar-refractivity contribution >= 4 is 5.91 Å². The molecule has 0 spiro atoms. The molecule has 2 aliphatic rings. The Bertz CT molecular complexity index is 555. The molecule has 0 N–H and O–H groups in total. The fourth-order valence-electron chi connectivity index (χ4n) is 3.82. The number of piperidine rings is 1. The van der Waals surface area contributed by atoms with Gasteiger partial charge in [-0.25, -0.2) is 4.39 Å². The largest absolute Gasteiger partial charge is 0.492 e. The summed E-state index contributed by atoms with van der Waals surface area (Å²) in [5, 5.41) is 0. The molecule has 1 aromatic rings. The molecule has 4 nitrogen and oxygen atoms in total. The number of carbonyl (C=O) groups is 1. The Morgan fingerprint density at radius 1 is 1.08 bits per heavy atom. The number of ether oxygens (including phenoxy) is 1. The highest BCUT2D eigenvalue weighted by atomic mass is 19.1. The molecule has 1 amide bonds. The zero-order chi connectivity index (χ0) is 17.6. The van der Waals surface area contributed by atoms with E-state index in [1.807, 2.05) is 4.90 Å². The van der Waals surface area contributed by atoms with Gasteiger partial charge in [-0.1, -0.05) is 6.92 Å². The lowest BCUT2D eigenvalue weighted by atomic mass is 9.96. The minimum atomic E-state index is -0.270. The quantitative estimate of drug-likeness (QED) is 0.818. The van der Waals surface area contributed by atoms with Crippen LogP contribution in [0.3, 0.4) is 0 Å². The van der Waals surface area contributed by atoms with Gasteiger partial charge in [-0.3, -0.25) is 4.79 Å². The van der Waals surface area contributed by atoms with Crippen LogP contribution in [0, 0.1) is 11.7 Å². The highest BCUT2D eigenvalue weighted by Gasteiger charge is 2.28. The summed E-state index contributed by atoms with van der Waals surface area (Å²) in [5.74, 6) is 1.44. The Balaban J connectivity index is 1.45. The lowest BCUT2D eigenvalue weighted by Gasteiger charge is -2.36. The smallest absolute Gasteiger partial charge is 0.222 e. The van der Waals surface area contributed by atoms with Crippen molar-refractivity contribution in [2.75, 3.05) is 32.8 Å². The Kier molecular flexibility index (Phi) is 6.29. The van der Waals surface area contributed by atoms with E-state index in [4.69, 9.17) is 4.74 Å². The predicted molar refractivity (Wildman–Crippen MR) is 96.1 cm³/mol. The van der Waals surface area contributed by atoms with Crippen LogP contribution in [0.4, 0.5) is 4.39 Å². The molecule has 0 radical (unpaired) electrons. The fourth-order valence-corrected chi connectivity index (χ4v) is 3.82. The summed E-state index contributed by atoms with van der Waals surface area (Å²) in [5.41, 5.74) is 0. The lowest BCUT2D eigenvalue weighted by molar-refractivity contribution is -0.131. The molecule has 5 heteroatoms. The van der Waals surface area contributed by atoms with Gasteiger partial charge in [0, 0.05) is 19.0 Å². The van der Waals surface area contributed by atoms with Gasteiger partial charge in [-0.2, -0.15) is 0 Å². The number of benzene rings is 1. The van der Waals surface area contributed by atoms with E-state index in [1.54, 1.807) is 12.1 Å². The van der Waals surface area contributed by atoms with Gasteiger partial charge in [-0.05, 0) is 69.0 Å². The van der Waals surface area contributed by atoms with Gasteiger partial charge in [0.15, 0.2) is 0 Å². The van der Waals surface area contributed by atoms with Gasteiger partial charge in [0.1, 0.15) is 18.2 Å². The highest BCUT2D eigenvalue weighted by molar-refractivity contribution is 5.76. The molecule has 25 heavy (non-hydrogen) atoms. The first-order chi connectivity index (χ1) is 12.1. The van der Waals surface area contributed by atoms with Crippen LogP contribution in [0.5, 0.6) is 5.75 Å². The second-order valence-electron chi connectivity index (χ2n) is 7.38. The minimum absolute atomic E-state index is 0.232. The van der Waals surface area contributed by atoms with E-state index in [0.717, 1.165) is 25.3 Å². The van der Waals surface area contributed by atoms with Crippen molar-refractivity contribution < 1.29 is 13.9 Å². The van der Waals surface area contributed by atoms with E-state index in [0.29, 0.717) is 31.4 Å². The van der Waals surface area contributed by atoms with Crippen molar-refractivity contribution in [2.45, 2.75) is 45.1 Å². The van der Waals surface area contributed by atoms with Gasteiger partial charge in [-0.15, -0.1) is 0 Å². The van der Waals surface area contributed by atoms with Crippen LogP contribution in [-0.2, 0) is 4.79 Å². The third-order valence-corrected chi connectivity index (χ3v) is 5.55. The van der Waals surface area contributed by atoms with Crippen molar-refractivity contribution in [2.24, 2.45) is 5.92 Å². The SMILES string of the molecule is CC1CCN(C2CCC(=O)N(CCOc3ccc(F)cc3)CC2)CC1. The van der Waals surface area contributed by atoms with Crippen LogP contribution in [0.1, 0.15) is 39.0 Å². The Hall–Kier alpha value is -1.62. The van der Waals surface area contributed by atoms with E-state index >= 15 is 0 Å². The zero-order valence-electron chi connectivity index (χ0n) is 15.1. The molecule has 3 rings (SSSR count). The van der Waals surface area contributed by atoms with Gasteiger partial charge in [0.2, 0.25) is 5.91 Å². The number of carbonyl (C=O) groups excluding carboxylic acids is 1. The molecule has 2 fully saturated rings. The maximum atomic E-state index is 12.9. The highest BCUT2D eigenvalue weighted by Crippen LogP contribution is 2.24. The number of rotatable bonds is 5. The molecule has 2 aliphatic heterocycles. The molecule has 0 saturated carbocycles. The third kappa shape index (κ3) is 5.18. The normalized spacial score (nSPS) is 23.5. The Morgan fingerprint density at radius 2 is 1.80 bits per heavy atom. The molecular formula is C20H29FN2O2. The first kappa shape index (κ1) is 18.2. The summed E-state index contributed by atoms with van der Waals surface area (Å²) < 4.78 is 18.5. The molecule has 2 heterocycles. The lowest BCUT2D eigenvalue weighted by Crippen LogP contribution is -2.41. The zero-order valence-corrected chi connectivity index (χ0v) is 15.1. The molecule has 0 bridgehead atoms. The molecule has 2 saturated heterocycles. The van der Waals surface area contributed by atoms with Crippen molar-refractivity contribution in [1.82, 2.24) is 9.80 Å². The summed E-state index contributed by atoms with van der Waals surface area (Å²) in [6, 6.07) is 6.55. The van der Waals surface area contributed by atoms with Gasteiger partial charge in [0.05, 0.1) is 6.54 Å². The second-order valence-corrected chi connectivity index (χ2v) is 7.38. The van der Waals surface area contributed by atoms with Crippen molar-refractivity contribution in [3.8, 4) is 5.75 Å². The molecule has 138 valence electrons. The summed E-state index contributed by atoms with van der Waals surface area (Å²) in [7, 11) is 0. The first-order valence-corrected chi connectivity index (χ1v) is 9.52. The van der Waals surface area contributed by atoms with Crippen LogP contribution in [-0.4, -0.2) is 54.5 Å². The van der Waals surface area contributed by atoms with Crippen molar-refractivity contribution in [3.63, 3.8) is 0 Å². The first-order valence-electron chi connectivity index (χ1n) is 9.52. The van der Waals surface area contributed by atoms with Crippen molar-refractivity contribution in [3.05, 3.63) is 30.1 Å². The maximum Gasteiger partial charge on any atom is 0.222 e. The molecule has 0 aliphatic carbocycles. The summed E-state index contributed by atoms with van der Waals surface area (Å²) >= 11 is 0. The second kappa shape index (κ2) is 8.65. The number of nitrogens with zero attached hydrogens (tertiary/aromatic N) is 2. The third-order valence-electron chi connectivity index (χ3n) is 5.55. The summed E-state index contributed by atoms with van der Waals surface area (Å²) in [4.78, 5) is 16.9. The van der Waals surface area contributed by atoms with Crippen LogP contribution >= 0.6 is 0 Å². The monoisotopic (exact) mass is 348 g/mol. The number of halogens is 1. The number of hydrogen-bond acceptors (Lipinski definition) is 3. The Labute approximate surface area is 149 Å². The topological polar surface area (TPSA) is 32.8 Å². The van der Waals surface area contributed by atoms with Gasteiger partial charge >= 0.3 is 0 Å². The van der Waals surface area contributed by atoms with Crippen LogP contribution in [0.25, 0.3) is 0 Å². The molecule has 0 aromatic heterocycles. The summed E-state index contributed by atoms with van der Waals surface area (Å²) in [6.45, 7) is 6.53. The van der Waals surface area contributed by atoms with E-state index in [-0.39, 0.29) is 11.7 Å². The van der Waals surface area contributed by atoms with Crippen LogP contribution in [0.15, 0.2) is 24.3 Å². The average molecular weight is 348 g/mol. The predicted octanol–water partition coefficient (Wildman–Crippen LogP) is 3.32. The van der Waals surface area contributed by atoms with E-state index < -0.39 is 0 Å². The molecular weight excluding hydrogens is 319 g/mol. The number of hydrogen-bond donors (Lipinski definition) is 0. The summed E-state index contributed by atoms with van der Waals surface area (Å²) in [6.07, 6.45) is 5.21. The van der Waals surface area contributed by atoms with E-state index in [9.17, 15) is 9.18 Å². The molecule has 1 atom stereocenters. The number of amides is 1. The minimum Gasteiger partial charge on any atom is -0.492 e. The van der Waals surface area contributed by atoms with Crippen molar-refractivity contribution in [1.29, 1.82) is 0 Å².